The summed E-state index contributed by atoms with van der Waals surface area (Å²) in [6.45, 7) is 0. The summed E-state index contributed by atoms with van der Waals surface area (Å²) in [4.78, 5) is 9.85. The second kappa shape index (κ2) is 4.15. The molecule has 13 heavy (non-hydrogen) atoms. The van der Waals surface area contributed by atoms with Gasteiger partial charge in [0, 0.05) is 11.1 Å². The smallest absolute Gasteiger partial charge is 0.258 e. The average Bonchev–Trinajstić information content (AvgIpc) is 2.08. The molecule has 1 rings (SSSR count). The molecule has 0 aliphatic heterocycles. The largest absolute Gasteiger partial charge is 0.298 e. The van der Waals surface area contributed by atoms with Gasteiger partial charge in [-0.2, -0.15) is 0 Å². The van der Waals surface area contributed by atoms with Crippen molar-refractivity contribution < 1.29 is 4.92 Å². The molecule has 1 aromatic carbocycles. The SMILES string of the molecule is O=[N+]([O-])c1cc(Cl)ccc1N=NCl. The van der Waals surface area contributed by atoms with Gasteiger partial charge in [0.15, 0.2) is 5.69 Å². The Morgan fingerprint density at radius 2 is 2.15 bits per heavy atom. The zero-order chi connectivity index (χ0) is 9.84. The van der Waals surface area contributed by atoms with E-state index >= 15 is 0 Å². The lowest BCUT2D eigenvalue weighted by molar-refractivity contribution is -0.384. The molecule has 0 aliphatic carbocycles. The summed E-state index contributed by atoms with van der Waals surface area (Å²) >= 11 is 10.5. The molecule has 0 aliphatic rings. The monoisotopic (exact) mass is 219 g/mol. The van der Waals surface area contributed by atoms with E-state index in [0.717, 1.165) is 0 Å². The van der Waals surface area contributed by atoms with Gasteiger partial charge in [0.05, 0.1) is 16.7 Å². The van der Waals surface area contributed by atoms with E-state index in [1.54, 1.807) is 0 Å². The van der Waals surface area contributed by atoms with Crippen LogP contribution in [0.2, 0.25) is 5.02 Å². The lowest BCUT2D eigenvalue weighted by Crippen LogP contribution is -1.87. The number of halogens is 2. The first kappa shape index (κ1) is 9.88. The number of nitro groups is 1. The van der Waals surface area contributed by atoms with Crippen molar-refractivity contribution in [2.45, 2.75) is 0 Å². The third-order valence-electron chi connectivity index (χ3n) is 1.28. The minimum absolute atomic E-state index is 0.0735. The van der Waals surface area contributed by atoms with E-state index in [4.69, 9.17) is 23.4 Å². The number of nitrogens with zero attached hydrogens (tertiary/aromatic N) is 3. The van der Waals surface area contributed by atoms with E-state index in [1.807, 2.05) is 0 Å². The summed E-state index contributed by atoms with van der Waals surface area (Å²) < 4.78 is 2.93. The van der Waals surface area contributed by atoms with Crippen molar-refractivity contribution in [3.05, 3.63) is 33.3 Å². The molecule has 0 bridgehead atoms. The zero-order valence-corrected chi connectivity index (χ0v) is 7.66. The van der Waals surface area contributed by atoms with E-state index in [9.17, 15) is 10.1 Å². The van der Waals surface area contributed by atoms with Crippen LogP contribution in [0.15, 0.2) is 27.9 Å². The lowest BCUT2D eigenvalue weighted by Gasteiger charge is -1.95. The Morgan fingerprint density at radius 3 is 2.69 bits per heavy atom. The molecule has 0 amide bonds. The van der Waals surface area contributed by atoms with Crippen LogP contribution in [0, 0.1) is 10.1 Å². The summed E-state index contributed by atoms with van der Waals surface area (Å²) in [6, 6.07) is 4.02. The van der Waals surface area contributed by atoms with Crippen LogP contribution in [0.25, 0.3) is 0 Å². The second-order valence-electron chi connectivity index (χ2n) is 2.07. The van der Waals surface area contributed by atoms with Crippen molar-refractivity contribution in [1.29, 1.82) is 0 Å². The van der Waals surface area contributed by atoms with Crippen LogP contribution >= 0.6 is 23.4 Å². The van der Waals surface area contributed by atoms with Gasteiger partial charge in [-0.15, -0.1) is 5.11 Å². The van der Waals surface area contributed by atoms with Gasteiger partial charge in [0.25, 0.3) is 5.69 Å². The Balaban J connectivity index is 3.26. The van der Waals surface area contributed by atoms with Crippen molar-refractivity contribution in [2.75, 3.05) is 0 Å². The van der Waals surface area contributed by atoms with Crippen LogP contribution in [0.5, 0.6) is 0 Å². The average molecular weight is 220 g/mol. The van der Waals surface area contributed by atoms with Gasteiger partial charge in [-0.3, -0.25) is 10.1 Å². The van der Waals surface area contributed by atoms with Gasteiger partial charge in [0.1, 0.15) is 0 Å². The van der Waals surface area contributed by atoms with Crippen LogP contribution in [0.1, 0.15) is 0 Å². The highest BCUT2D eigenvalue weighted by molar-refractivity contribution is 6.30. The normalized spacial score (nSPS) is 10.6. The molecular weight excluding hydrogens is 217 g/mol. The third-order valence-corrected chi connectivity index (χ3v) is 1.59. The molecular formula is C6H3Cl2N3O2. The maximum Gasteiger partial charge on any atom is 0.298 e. The van der Waals surface area contributed by atoms with Crippen molar-refractivity contribution in [3.63, 3.8) is 0 Å². The van der Waals surface area contributed by atoms with Crippen LogP contribution in [-0.4, -0.2) is 4.92 Å². The van der Waals surface area contributed by atoms with Crippen LogP contribution in [-0.2, 0) is 0 Å². The lowest BCUT2D eigenvalue weighted by atomic mass is 10.3. The maximum absolute atomic E-state index is 10.5. The quantitative estimate of drug-likeness (QED) is 0.434. The minimum Gasteiger partial charge on any atom is -0.258 e. The molecule has 0 saturated heterocycles. The van der Waals surface area contributed by atoms with Gasteiger partial charge in [-0.05, 0) is 12.1 Å². The number of nitro benzene ring substituents is 1. The molecule has 0 atom stereocenters. The summed E-state index contributed by atoms with van der Waals surface area (Å²) in [5.41, 5.74) is -0.152. The van der Waals surface area contributed by atoms with Crippen molar-refractivity contribution in [3.8, 4) is 0 Å². The Morgan fingerprint density at radius 1 is 1.46 bits per heavy atom. The number of hydrogen-bond acceptors (Lipinski definition) is 4. The van der Waals surface area contributed by atoms with E-state index in [0.29, 0.717) is 0 Å². The Labute approximate surface area is 83.2 Å². The zero-order valence-electron chi connectivity index (χ0n) is 6.15. The summed E-state index contributed by atoms with van der Waals surface area (Å²) in [5, 5.41) is 14.1. The van der Waals surface area contributed by atoms with Gasteiger partial charge < -0.3 is 0 Å². The molecule has 5 nitrogen and oxygen atoms in total. The molecule has 0 spiro atoms. The van der Waals surface area contributed by atoms with E-state index in [2.05, 4.69) is 9.75 Å². The number of rotatable bonds is 2. The summed E-state index contributed by atoms with van der Waals surface area (Å²) in [5.74, 6) is 0. The molecule has 0 aromatic heterocycles. The predicted octanol–water partition coefficient (Wildman–Crippen LogP) is 3.49. The minimum atomic E-state index is -0.604. The van der Waals surface area contributed by atoms with Crippen LogP contribution in [0.4, 0.5) is 11.4 Å². The molecule has 68 valence electrons. The molecule has 0 fully saturated rings. The van der Waals surface area contributed by atoms with Gasteiger partial charge in [-0.1, -0.05) is 16.2 Å². The highest BCUT2D eigenvalue weighted by Crippen LogP contribution is 2.30. The first-order valence-corrected chi connectivity index (χ1v) is 3.82. The Bertz CT molecular complexity index is 367. The molecule has 7 heteroatoms. The topological polar surface area (TPSA) is 67.9 Å². The van der Waals surface area contributed by atoms with Gasteiger partial charge in [0.2, 0.25) is 0 Å². The summed E-state index contributed by atoms with van der Waals surface area (Å²) in [7, 11) is 0. The highest BCUT2D eigenvalue weighted by Gasteiger charge is 2.13. The molecule has 0 N–H and O–H groups in total. The third kappa shape index (κ3) is 2.37. The Hall–Kier alpha value is -1.20. The molecule has 0 unspecified atom stereocenters. The van der Waals surface area contributed by atoms with Crippen molar-refractivity contribution in [1.82, 2.24) is 0 Å². The first-order valence-electron chi connectivity index (χ1n) is 3.11. The predicted molar refractivity (Wildman–Crippen MR) is 48.5 cm³/mol. The van der Waals surface area contributed by atoms with Crippen LogP contribution < -0.4 is 0 Å². The maximum atomic E-state index is 10.5. The first-order chi connectivity index (χ1) is 6.15. The van der Waals surface area contributed by atoms with E-state index in [1.165, 1.54) is 18.2 Å². The fourth-order valence-corrected chi connectivity index (χ4v) is 1.02. The molecule has 1 aromatic rings. The summed E-state index contributed by atoms with van der Waals surface area (Å²) in [6.07, 6.45) is 0. The van der Waals surface area contributed by atoms with Crippen LogP contribution in [0.3, 0.4) is 0 Å². The van der Waals surface area contributed by atoms with Gasteiger partial charge >= 0.3 is 0 Å². The van der Waals surface area contributed by atoms with E-state index < -0.39 is 4.92 Å². The standard InChI is InChI=1S/C6H3Cl2N3O2/c7-4-1-2-5(9-10-8)6(3-4)11(12)13/h1-3H. The number of hydrogen-bond donors (Lipinski definition) is 0. The fourth-order valence-electron chi connectivity index (χ4n) is 0.768. The molecule has 0 heterocycles. The Kier molecular flexibility index (Phi) is 3.16. The van der Waals surface area contributed by atoms with Crippen molar-refractivity contribution in [2.24, 2.45) is 9.75 Å². The highest BCUT2D eigenvalue weighted by atomic mass is 35.5. The van der Waals surface area contributed by atoms with E-state index in [-0.39, 0.29) is 16.4 Å². The molecule has 0 saturated carbocycles. The molecule has 0 radical (unpaired) electrons. The van der Waals surface area contributed by atoms with Gasteiger partial charge in [-0.25, -0.2) is 0 Å². The fraction of sp³-hybridized carbons (Fsp3) is 0. The van der Waals surface area contributed by atoms with Crippen molar-refractivity contribution >= 4 is 34.8 Å². The number of benzene rings is 1. The second-order valence-corrected chi connectivity index (χ2v) is 2.65.